The molecule has 4 rings (SSSR count). The maximum Gasteiger partial charge on any atom is 0.264 e. The Balaban J connectivity index is 1.74. The van der Waals surface area contributed by atoms with Gasteiger partial charge in [-0.1, -0.05) is 84.4 Å². The predicted octanol–water partition coefficient (Wildman–Crippen LogP) is 4.87. The Morgan fingerprint density at radius 3 is 1.94 bits per heavy atom. The summed E-state index contributed by atoms with van der Waals surface area (Å²) in [6.07, 6.45) is 2.34. The molecule has 0 saturated carbocycles. The summed E-state index contributed by atoms with van der Waals surface area (Å²) in [5.74, 6) is -0.353. The normalized spacial score (nSPS) is 15.5. The van der Waals surface area contributed by atoms with E-state index in [2.05, 4.69) is 4.90 Å². The number of nitrogens with zero attached hydrogens (tertiary/aromatic N) is 2. The van der Waals surface area contributed by atoms with Gasteiger partial charge in [0.15, 0.2) is 5.60 Å². The molecule has 1 aliphatic heterocycles. The standard InChI is InChI=1S/C27H29ClN2O2/c1-29(25(20-30-18-8-9-19-30)21-14-16-24(28)17-15-21)26(31)27(32,22-10-4-2-5-11-22)23-12-6-3-7-13-23/h2-7,10-17,25,32H,8-9,18-20H2,1H3/t25-/m1/s1. The topological polar surface area (TPSA) is 43.8 Å². The van der Waals surface area contributed by atoms with Crippen LogP contribution in [0, 0.1) is 0 Å². The second-order valence-corrected chi connectivity index (χ2v) is 8.87. The number of rotatable bonds is 7. The van der Waals surface area contributed by atoms with Crippen LogP contribution in [0.4, 0.5) is 0 Å². The molecule has 0 aliphatic carbocycles. The van der Waals surface area contributed by atoms with Gasteiger partial charge < -0.3 is 14.9 Å². The first-order valence-electron chi connectivity index (χ1n) is 11.1. The molecule has 1 heterocycles. The summed E-state index contributed by atoms with van der Waals surface area (Å²) in [6, 6.07) is 25.8. The fraction of sp³-hybridized carbons (Fsp3) is 0.296. The Hall–Kier alpha value is -2.66. The summed E-state index contributed by atoms with van der Waals surface area (Å²) in [7, 11) is 1.79. The van der Waals surface area contributed by atoms with Crippen LogP contribution in [0.25, 0.3) is 0 Å². The lowest BCUT2D eigenvalue weighted by atomic mass is 9.84. The van der Waals surface area contributed by atoms with E-state index in [-0.39, 0.29) is 11.9 Å². The molecule has 1 N–H and O–H groups in total. The van der Waals surface area contributed by atoms with E-state index in [1.807, 2.05) is 60.7 Å². The van der Waals surface area contributed by atoms with Gasteiger partial charge >= 0.3 is 0 Å². The lowest BCUT2D eigenvalue weighted by Crippen LogP contribution is -2.49. The number of carbonyl (C=O) groups is 1. The summed E-state index contributed by atoms with van der Waals surface area (Å²) in [5, 5.41) is 12.6. The van der Waals surface area contributed by atoms with Gasteiger partial charge in [0.1, 0.15) is 0 Å². The average molecular weight is 449 g/mol. The Bertz CT molecular complexity index is 979. The molecule has 0 radical (unpaired) electrons. The predicted molar refractivity (Wildman–Crippen MR) is 129 cm³/mol. The van der Waals surface area contributed by atoms with Gasteiger partial charge in [0, 0.05) is 18.6 Å². The van der Waals surface area contributed by atoms with Crippen LogP contribution in [-0.4, -0.2) is 47.5 Å². The molecule has 32 heavy (non-hydrogen) atoms. The quantitative estimate of drug-likeness (QED) is 0.560. The van der Waals surface area contributed by atoms with E-state index in [0.29, 0.717) is 22.7 Å². The van der Waals surface area contributed by atoms with Crippen molar-refractivity contribution in [1.82, 2.24) is 9.80 Å². The zero-order valence-electron chi connectivity index (χ0n) is 18.3. The van der Waals surface area contributed by atoms with Gasteiger partial charge in [-0.05, 0) is 54.8 Å². The molecule has 1 saturated heterocycles. The van der Waals surface area contributed by atoms with Crippen LogP contribution >= 0.6 is 11.6 Å². The van der Waals surface area contributed by atoms with Crippen molar-refractivity contribution in [3.63, 3.8) is 0 Å². The van der Waals surface area contributed by atoms with E-state index in [4.69, 9.17) is 11.6 Å². The molecule has 0 spiro atoms. The van der Waals surface area contributed by atoms with Crippen molar-refractivity contribution < 1.29 is 9.90 Å². The molecule has 5 heteroatoms. The minimum atomic E-state index is -1.78. The van der Waals surface area contributed by atoms with Gasteiger partial charge in [-0.25, -0.2) is 0 Å². The summed E-state index contributed by atoms with van der Waals surface area (Å²) < 4.78 is 0. The molecular weight excluding hydrogens is 420 g/mol. The minimum absolute atomic E-state index is 0.211. The van der Waals surface area contributed by atoms with Crippen molar-refractivity contribution in [2.45, 2.75) is 24.5 Å². The molecule has 0 aromatic heterocycles. The average Bonchev–Trinajstić information content (AvgIpc) is 3.36. The molecule has 1 atom stereocenters. The molecule has 1 fully saturated rings. The molecule has 1 aliphatic rings. The second kappa shape index (κ2) is 9.86. The lowest BCUT2D eigenvalue weighted by Gasteiger charge is -2.38. The minimum Gasteiger partial charge on any atom is -0.372 e. The summed E-state index contributed by atoms with van der Waals surface area (Å²) in [4.78, 5) is 18.1. The maximum atomic E-state index is 14.1. The smallest absolute Gasteiger partial charge is 0.264 e. The number of benzene rings is 3. The number of halogens is 1. The Morgan fingerprint density at radius 2 is 1.44 bits per heavy atom. The summed E-state index contributed by atoms with van der Waals surface area (Å²) in [6.45, 7) is 2.76. The third-order valence-electron chi connectivity index (χ3n) is 6.37. The molecule has 3 aromatic carbocycles. The van der Waals surface area contributed by atoms with Crippen molar-refractivity contribution >= 4 is 17.5 Å². The van der Waals surface area contributed by atoms with Crippen molar-refractivity contribution in [1.29, 1.82) is 0 Å². The summed E-state index contributed by atoms with van der Waals surface area (Å²) >= 11 is 6.13. The van der Waals surface area contributed by atoms with Crippen molar-refractivity contribution in [3.8, 4) is 0 Å². The maximum absolute atomic E-state index is 14.1. The van der Waals surface area contributed by atoms with E-state index in [9.17, 15) is 9.90 Å². The first-order valence-corrected chi connectivity index (χ1v) is 11.5. The zero-order chi connectivity index (χ0) is 22.6. The second-order valence-electron chi connectivity index (χ2n) is 8.43. The van der Waals surface area contributed by atoms with Crippen LogP contribution in [-0.2, 0) is 10.4 Å². The lowest BCUT2D eigenvalue weighted by molar-refractivity contribution is -0.149. The van der Waals surface area contributed by atoms with E-state index in [1.165, 1.54) is 12.8 Å². The van der Waals surface area contributed by atoms with Gasteiger partial charge in [0.05, 0.1) is 6.04 Å². The molecular formula is C27H29ClN2O2. The molecule has 0 unspecified atom stereocenters. The van der Waals surface area contributed by atoms with Gasteiger partial charge in [0.2, 0.25) is 0 Å². The number of carbonyl (C=O) groups excluding carboxylic acids is 1. The fourth-order valence-corrected chi connectivity index (χ4v) is 4.64. The Kier molecular flexibility index (Phi) is 6.95. The van der Waals surface area contributed by atoms with Gasteiger partial charge in [-0.3, -0.25) is 4.79 Å². The van der Waals surface area contributed by atoms with Crippen LogP contribution < -0.4 is 0 Å². The number of amides is 1. The Morgan fingerprint density at radius 1 is 0.938 bits per heavy atom. The van der Waals surface area contributed by atoms with Crippen molar-refractivity contribution in [3.05, 3.63) is 107 Å². The number of hydrogen-bond acceptors (Lipinski definition) is 3. The van der Waals surface area contributed by atoms with E-state index >= 15 is 0 Å². The van der Waals surface area contributed by atoms with Gasteiger partial charge in [0.25, 0.3) is 5.91 Å². The molecule has 0 bridgehead atoms. The SMILES string of the molecule is CN(C(=O)C(O)(c1ccccc1)c1ccccc1)[C@H](CN1CCCC1)c1ccc(Cl)cc1. The molecule has 1 amide bonds. The third-order valence-corrected chi connectivity index (χ3v) is 6.62. The van der Waals surface area contributed by atoms with Crippen LogP contribution in [0.1, 0.15) is 35.6 Å². The van der Waals surface area contributed by atoms with E-state index in [1.54, 1.807) is 36.2 Å². The number of likely N-dealkylation sites (N-methyl/N-ethyl adjacent to an activating group) is 1. The molecule has 166 valence electrons. The summed E-state index contributed by atoms with van der Waals surface area (Å²) in [5.41, 5.74) is 0.325. The highest BCUT2D eigenvalue weighted by atomic mass is 35.5. The third kappa shape index (κ3) is 4.58. The number of aliphatic hydroxyl groups is 1. The highest BCUT2D eigenvalue weighted by Gasteiger charge is 2.43. The number of likely N-dealkylation sites (tertiary alicyclic amines) is 1. The van der Waals surface area contributed by atoms with Crippen LogP contribution in [0.5, 0.6) is 0 Å². The fourth-order valence-electron chi connectivity index (χ4n) is 4.52. The molecule has 4 nitrogen and oxygen atoms in total. The molecule has 3 aromatic rings. The highest BCUT2D eigenvalue weighted by molar-refractivity contribution is 6.30. The first kappa shape index (κ1) is 22.5. The largest absolute Gasteiger partial charge is 0.372 e. The van der Waals surface area contributed by atoms with Crippen LogP contribution in [0.2, 0.25) is 5.02 Å². The number of hydrogen-bond donors (Lipinski definition) is 1. The van der Waals surface area contributed by atoms with E-state index < -0.39 is 5.60 Å². The monoisotopic (exact) mass is 448 g/mol. The van der Waals surface area contributed by atoms with E-state index in [0.717, 1.165) is 18.7 Å². The highest BCUT2D eigenvalue weighted by Crippen LogP contribution is 2.35. The van der Waals surface area contributed by atoms with Crippen LogP contribution in [0.15, 0.2) is 84.9 Å². The van der Waals surface area contributed by atoms with Crippen molar-refractivity contribution in [2.75, 3.05) is 26.7 Å². The Labute approximate surface area is 195 Å². The van der Waals surface area contributed by atoms with Gasteiger partial charge in [-0.2, -0.15) is 0 Å². The zero-order valence-corrected chi connectivity index (χ0v) is 19.1. The van der Waals surface area contributed by atoms with Crippen LogP contribution in [0.3, 0.4) is 0 Å². The first-order chi connectivity index (χ1) is 15.5. The van der Waals surface area contributed by atoms with Crippen molar-refractivity contribution in [2.24, 2.45) is 0 Å². The van der Waals surface area contributed by atoms with Gasteiger partial charge in [-0.15, -0.1) is 0 Å².